The molecule has 0 aromatic carbocycles. The molecule has 0 radical (unpaired) electrons. The lowest BCUT2D eigenvalue weighted by molar-refractivity contribution is -0.135. The molecule has 3 aliphatic rings. The van der Waals surface area contributed by atoms with Gasteiger partial charge >= 0.3 is 0 Å². The van der Waals surface area contributed by atoms with Crippen LogP contribution in [-0.2, 0) is 16.1 Å². The minimum absolute atomic E-state index is 0.298. The van der Waals surface area contributed by atoms with Crippen molar-refractivity contribution in [1.82, 2.24) is 14.8 Å². The number of morpholine rings is 1. The molecule has 2 saturated heterocycles. The Labute approximate surface area is 153 Å². The highest BCUT2D eigenvalue weighted by Crippen LogP contribution is 2.28. The predicted molar refractivity (Wildman–Crippen MR) is 99.0 cm³/mol. The fourth-order valence-corrected chi connectivity index (χ4v) is 4.92. The molecule has 4 rings (SSSR count). The fraction of sp³-hybridized carbons (Fsp3) is 0.778. The van der Waals surface area contributed by atoms with Crippen molar-refractivity contribution in [3.63, 3.8) is 0 Å². The summed E-state index contributed by atoms with van der Waals surface area (Å²) in [5, 5.41) is 3.29. The lowest BCUT2D eigenvalue weighted by Crippen LogP contribution is -2.50. The van der Waals surface area contributed by atoms with E-state index in [0.717, 1.165) is 82.7 Å². The molecule has 1 amide bonds. The van der Waals surface area contributed by atoms with E-state index in [2.05, 4.69) is 20.1 Å². The maximum absolute atomic E-state index is 12.5. The van der Waals surface area contributed by atoms with Crippen molar-refractivity contribution in [3.05, 3.63) is 11.1 Å². The van der Waals surface area contributed by atoms with Crippen LogP contribution < -0.4 is 4.90 Å². The van der Waals surface area contributed by atoms with E-state index in [1.807, 2.05) is 0 Å². The highest BCUT2D eigenvalue weighted by molar-refractivity contribution is 7.13. The van der Waals surface area contributed by atoms with Crippen LogP contribution in [0.25, 0.3) is 0 Å². The standard InChI is InChI=1S/C18H28N4O2S/c23-17(15-3-1-2-4-15)21-5-7-22(8-6-21)18-19-16(14-25-18)13-20-9-11-24-12-10-20/h14-15H,1-13H2. The SMILES string of the molecule is O=C(C1CCCC1)N1CCN(c2nc(CN3CCOCC3)cs2)CC1. The van der Waals surface area contributed by atoms with E-state index in [-0.39, 0.29) is 0 Å². The van der Waals surface area contributed by atoms with Crippen LogP contribution in [0.2, 0.25) is 0 Å². The molecule has 2 aliphatic heterocycles. The summed E-state index contributed by atoms with van der Waals surface area (Å²) in [6.07, 6.45) is 4.63. The molecule has 138 valence electrons. The molecule has 0 atom stereocenters. The van der Waals surface area contributed by atoms with Crippen molar-refractivity contribution in [2.75, 3.05) is 57.4 Å². The number of piperazine rings is 1. The van der Waals surface area contributed by atoms with E-state index in [1.54, 1.807) is 11.3 Å². The van der Waals surface area contributed by atoms with Gasteiger partial charge in [-0.25, -0.2) is 4.98 Å². The minimum Gasteiger partial charge on any atom is -0.379 e. The average Bonchev–Trinajstić information content (AvgIpc) is 3.34. The van der Waals surface area contributed by atoms with Gasteiger partial charge in [-0.15, -0.1) is 11.3 Å². The number of carbonyl (C=O) groups is 1. The third kappa shape index (κ3) is 4.15. The molecule has 1 saturated carbocycles. The Morgan fingerprint density at radius 1 is 1.12 bits per heavy atom. The minimum atomic E-state index is 0.298. The number of hydrogen-bond acceptors (Lipinski definition) is 6. The van der Waals surface area contributed by atoms with Crippen LogP contribution in [0.4, 0.5) is 5.13 Å². The van der Waals surface area contributed by atoms with Crippen LogP contribution >= 0.6 is 11.3 Å². The maximum atomic E-state index is 12.5. The first-order valence-electron chi connectivity index (χ1n) is 9.58. The van der Waals surface area contributed by atoms with Crippen LogP contribution in [0.1, 0.15) is 31.4 Å². The number of thiazole rings is 1. The molecule has 0 bridgehead atoms. The molecule has 0 unspecified atom stereocenters. The number of anilines is 1. The quantitative estimate of drug-likeness (QED) is 0.816. The third-order valence-corrected chi connectivity index (χ3v) is 6.55. The van der Waals surface area contributed by atoms with Gasteiger partial charge in [-0.2, -0.15) is 0 Å². The highest BCUT2D eigenvalue weighted by Gasteiger charge is 2.30. The molecule has 0 spiro atoms. The predicted octanol–water partition coefficient (Wildman–Crippen LogP) is 1.81. The monoisotopic (exact) mass is 364 g/mol. The van der Waals surface area contributed by atoms with Gasteiger partial charge in [0.05, 0.1) is 18.9 Å². The van der Waals surface area contributed by atoms with Crippen molar-refractivity contribution in [3.8, 4) is 0 Å². The molecule has 7 heteroatoms. The van der Waals surface area contributed by atoms with E-state index in [0.29, 0.717) is 11.8 Å². The van der Waals surface area contributed by atoms with Crippen molar-refractivity contribution in [1.29, 1.82) is 0 Å². The maximum Gasteiger partial charge on any atom is 0.225 e. The second kappa shape index (κ2) is 8.01. The largest absolute Gasteiger partial charge is 0.379 e. The first-order valence-corrected chi connectivity index (χ1v) is 10.5. The second-order valence-corrected chi connectivity index (χ2v) is 8.14. The van der Waals surface area contributed by atoms with Gasteiger partial charge in [0.25, 0.3) is 0 Å². The van der Waals surface area contributed by atoms with Gasteiger partial charge in [-0.1, -0.05) is 12.8 Å². The van der Waals surface area contributed by atoms with Gasteiger partial charge in [0.1, 0.15) is 0 Å². The molecule has 6 nitrogen and oxygen atoms in total. The molecule has 3 heterocycles. The second-order valence-electron chi connectivity index (χ2n) is 7.30. The van der Waals surface area contributed by atoms with Crippen molar-refractivity contribution in [2.24, 2.45) is 5.92 Å². The molecule has 1 aliphatic carbocycles. The number of amides is 1. The molecule has 25 heavy (non-hydrogen) atoms. The number of hydrogen-bond donors (Lipinski definition) is 0. The molecule has 0 N–H and O–H groups in total. The number of carbonyl (C=O) groups excluding carboxylic acids is 1. The smallest absolute Gasteiger partial charge is 0.225 e. The van der Waals surface area contributed by atoms with Crippen molar-refractivity contribution in [2.45, 2.75) is 32.2 Å². The lowest BCUT2D eigenvalue weighted by Gasteiger charge is -2.35. The Hall–Kier alpha value is -1.18. The van der Waals surface area contributed by atoms with Gasteiger partial charge in [0.15, 0.2) is 5.13 Å². The summed E-state index contributed by atoms with van der Waals surface area (Å²) in [7, 11) is 0. The van der Waals surface area contributed by atoms with Crippen LogP contribution in [0, 0.1) is 5.92 Å². The van der Waals surface area contributed by atoms with Crippen LogP contribution in [-0.4, -0.2) is 73.2 Å². The number of nitrogens with zero attached hydrogens (tertiary/aromatic N) is 4. The first-order chi connectivity index (χ1) is 12.3. The Kier molecular flexibility index (Phi) is 5.53. The zero-order chi connectivity index (χ0) is 17.1. The van der Waals surface area contributed by atoms with Crippen LogP contribution in [0.3, 0.4) is 0 Å². The van der Waals surface area contributed by atoms with E-state index < -0.39 is 0 Å². The zero-order valence-corrected chi connectivity index (χ0v) is 15.7. The third-order valence-electron chi connectivity index (χ3n) is 5.60. The Morgan fingerprint density at radius 3 is 2.56 bits per heavy atom. The summed E-state index contributed by atoms with van der Waals surface area (Å²) in [6.45, 7) is 8.05. The van der Waals surface area contributed by atoms with E-state index in [9.17, 15) is 4.79 Å². The molecule has 1 aromatic heterocycles. The van der Waals surface area contributed by atoms with Gasteiger partial charge in [0.2, 0.25) is 5.91 Å². The number of aromatic nitrogens is 1. The normalized spacial score (nSPS) is 23.4. The molecule has 3 fully saturated rings. The summed E-state index contributed by atoms with van der Waals surface area (Å²) in [6, 6.07) is 0. The van der Waals surface area contributed by atoms with Crippen LogP contribution in [0.5, 0.6) is 0 Å². The highest BCUT2D eigenvalue weighted by atomic mass is 32.1. The Balaban J connectivity index is 1.28. The zero-order valence-electron chi connectivity index (χ0n) is 14.9. The van der Waals surface area contributed by atoms with E-state index >= 15 is 0 Å². The van der Waals surface area contributed by atoms with E-state index in [4.69, 9.17) is 9.72 Å². The number of rotatable bonds is 4. The lowest BCUT2D eigenvalue weighted by atomic mass is 10.1. The van der Waals surface area contributed by atoms with Gasteiger partial charge in [0, 0.05) is 57.1 Å². The van der Waals surface area contributed by atoms with E-state index in [1.165, 1.54) is 12.8 Å². The fourth-order valence-electron chi connectivity index (χ4n) is 4.05. The van der Waals surface area contributed by atoms with Gasteiger partial charge in [-0.3, -0.25) is 9.69 Å². The first kappa shape index (κ1) is 17.2. The summed E-state index contributed by atoms with van der Waals surface area (Å²) >= 11 is 1.73. The van der Waals surface area contributed by atoms with Crippen molar-refractivity contribution < 1.29 is 9.53 Å². The van der Waals surface area contributed by atoms with Gasteiger partial charge < -0.3 is 14.5 Å². The van der Waals surface area contributed by atoms with Crippen LogP contribution in [0.15, 0.2) is 5.38 Å². The average molecular weight is 365 g/mol. The summed E-state index contributed by atoms with van der Waals surface area (Å²) in [4.78, 5) is 24.2. The Bertz CT molecular complexity index is 573. The topological polar surface area (TPSA) is 48.9 Å². The van der Waals surface area contributed by atoms with Gasteiger partial charge in [-0.05, 0) is 12.8 Å². The molecular weight excluding hydrogens is 336 g/mol. The van der Waals surface area contributed by atoms with Crippen molar-refractivity contribution >= 4 is 22.4 Å². The summed E-state index contributed by atoms with van der Waals surface area (Å²) in [5.41, 5.74) is 1.16. The molecular formula is C18H28N4O2S. The molecule has 1 aromatic rings. The Morgan fingerprint density at radius 2 is 1.84 bits per heavy atom. The summed E-state index contributed by atoms with van der Waals surface area (Å²) < 4.78 is 5.40. The summed E-state index contributed by atoms with van der Waals surface area (Å²) in [5.74, 6) is 0.691. The number of ether oxygens (including phenoxy) is 1.